The Morgan fingerprint density at radius 2 is 1.68 bits per heavy atom. The maximum Gasteiger partial charge on any atom is 0.161 e. The van der Waals surface area contributed by atoms with Gasteiger partial charge in [-0.15, -0.1) is 0 Å². The van der Waals surface area contributed by atoms with Crippen LogP contribution in [0.2, 0.25) is 0 Å². The minimum Gasteiger partial charge on any atom is -0.497 e. The first-order valence-electron chi connectivity index (χ1n) is 10.3. The lowest BCUT2D eigenvalue weighted by atomic mass is 9.91. The summed E-state index contributed by atoms with van der Waals surface area (Å²) in [4.78, 5) is 2.41. The van der Waals surface area contributed by atoms with Crippen LogP contribution in [0.1, 0.15) is 17.2 Å². The average Bonchev–Trinajstić information content (AvgIpc) is 2.82. The molecule has 0 fully saturated rings. The summed E-state index contributed by atoms with van der Waals surface area (Å²) in [6.07, 6.45) is 6.60. The molecule has 2 aromatic rings. The summed E-state index contributed by atoms with van der Waals surface area (Å²) >= 11 is 0. The van der Waals surface area contributed by atoms with Gasteiger partial charge in [0.1, 0.15) is 18.1 Å². The summed E-state index contributed by atoms with van der Waals surface area (Å²) in [5, 5.41) is 0. The maximum absolute atomic E-state index is 6.20. The van der Waals surface area contributed by atoms with Crippen molar-refractivity contribution in [2.75, 3.05) is 41.0 Å². The van der Waals surface area contributed by atoms with Gasteiger partial charge in [0, 0.05) is 13.1 Å². The summed E-state index contributed by atoms with van der Waals surface area (Å²) in [5.74, 6) is 3.09. The molecule has 2 aromatic carbocycles. The molecule has 0 N–H and O–H groups in total. The monoisotopic (exact) mass is 421 g/mol. The summed E-state index contributed by atoms with van der Waals surface area (Å²) < 4.78 is 22.5. The SMILES string of the molecule is C=CC=C(C=C)CN1CCc2cc(OC)c(OC)cc2C1COc1ccc(OC)cc1. The second kappa shape index (κ2) is 10.7. The zero-order chi connectivity index (χ0) is 22.2. The molecule has 1 heterocycles. The van der Waals surface area contributed by atoms with Gasteiger partial charge in [-0.2, -0.15) is 0 Å². The lowest BCUT2D eigenvalue weighted by molar-refractivity contribution is 0.135. The Kier molecular flexibility index (Phi) is 7.79. The van der Waals surface area contributed by atoms with Crippen molar-refractivity contribution in [3.8, 4) is 23.0 Å². The Labute approximate surface area is 185 Å². The van der Waals surface area contributed by atoms with E-state index in [1.54, 1.807) is 27.4 Å². The zero-order valence-electron chi connectivity index (χ0n) is 18.6. The van der Waals surface area contributed by atoms with Gasteiger partial charge in [-0.3, -0.25) is 4.90 Å². The Morgan fingerprint density at radius 1 is 1.00 bits per heavy atom. The van der Waals surface area contributed by atoms with Crippen molar-refractivity contribution >= 4 is 0 Å². The molecule has 3 rings (SSSR count). The highest BCUT2D eigenvalue weighted by Gasteiger charge is 2.30. The van der Waals surface area contributed by atoms with Crippen molar-refractivity contribution in [2.45, 2.75) is 12.5 Å². The smallest absolute Gasteiger partial charge is 0.161 e. The van der Waals surface area contributed by atoms with Crippen molar-refractivity contribution in [3.63, 3.8) is 0 Å². The van der Waals surface area contributed by atoms with Crippen LogP contribution in [-0.4, -0.2) is 45.9 Å². The second-order valence-corrected chi connectivity index (χ2v) is 7.31. The predicted molar refractivity (Wildman–Crippen MR) is 125 cm³/mol. The Hall–Kier alpha value is -3.18. The van der Waals surface area contributed by atoms with Gasteiger partial charge in [0.25, 0.3) is 0 Å². The molecule has 0 radical (unpaired) electrons. The average molecular weight is 422 g/mol. The zero-order valence-corrected chi connectivity index (χ0v) is 18.6. The summed E-state index contributed by atoms with van der Waals surface area (Å²) in [6, 6.07) is 11.9. The van der Waals surface area contributed by atoms with Crippen LogP contribution in [0.25, 0.3) is 0 Å². The Balaban J connectivity index is 1.91. The number of hydrogen-bond acceptors (Lipinski definition) is 5. The van der Waals surface area contributed by atoms with Gasteiger partial charge in [-0.25, -0.2) is 0 Å². The molecule has 164 valence electrons. The molecular weight excluding hydrogens is 390 g/mol. The number of ether oxygens (including phenoxy) is 4. The van der Waals surface area contributed by atoms with Gasteiger partial charge in [-0.1, -0.05) is 31.4 Å². The third kappa shape index (κ3) is 5.30. The minimum absolute atomic E-state index is 0.0545. The van der Waals surface area contributed by atoms with E-state index < -0.39 is 0 Å². The lowest BCUT2D eigenvalue weighted by Gasteiger charge is -2.37. The van der Waals surface area contributed by atoms with Crippen LogP contribution in [-0.2, 0) is 6.42 Å². The molecule has 5 heteroatoms. The molecule has 0 aliphatic carbocycles. The highest BCUT2D eigenvalue weighted by molar-refractivity contribution is 5.49. The summed E-state index contributed by atoms with van der Waals surface area (Å²) in [6.45, 7) is 9.95. The number of fused-ring (bicyclic) bond motifs is 1. The summed E-state index contributed by atoms with van der Waals surface area (Å²) in [5.41, 5.74) is 3.57. The Bertz CT molecular complexity index is 933. The van der Waals surface area contributed by atoms with Crippen LogP contribution in [0, 0.1) is 0 Å². The third-order valence-corrected chi connectivity index (χ3v) is 5.56. The first-order chi connectivity index (χ1) is 15.1. The van der Waals surface area contributed by atoms with Gasteiger partial charge in [0.05, 0.1) is 27.4 Å². The fraction of sp³-hybridized carbons (Fsp3) is 0.308. The fourth-order valence-electron chi connectivity index (χ4n) is 3.88. The molecule has 0 saturated carbocycles. The van der Waals surface area contributed by atoms with E-state index in [9.17, 15) is 0 Å². The lowest BCUT2D eigenvalue weighted by Crippen LogP contribution is -2.39. The van der Waals surface area contributed by atoms with Crippen molar-refractivity contribution in [3.05, 3.63) is 84.5 Å². The van der Waals surface area contributed by atoms with E-state index >= 15 is 0 Å². The molecule has 0 bridgehead atoms. The van der Waals surface area contributed by atoms with Crippen LogP contribution in [0.5, 0.6) is 23.0 Å². The van der Waals surface area contributed by atoms with E-state index in [1.165, 1.54) is 11.1 Å². The molecule has 5 nitrogen and oxygen atoms in total. The molecule has 0 aromatic heterocycles. The van der Waals surface area contributed by atoms with Gasteiger partial charge >= 0.3 is 0 Å². The standard InChI is InChI=1S/C26H31NO4/c1-6-8-19(7-2)17-27-14-13-20-15-25(29-4)26(30-5)16-23(20)24(27)18-31-22-11-9-21(28-3)10-12-22/h6-12,15-16,24H,1-2,13-14,17-18H2,3-5H3. The number of rotatable bonds is 10. The van der Waals surface area contributed by atoms with Gasteiger partial charge in [-0.05, 0) is 59.5 Å². The Morgan fingerprint density at radius 3 is 2.29 bits per heavy atom. The maximum atomic E-state index is 6.20. The second-order valence-electron chi connectivity index (χ2n) is 7.31. The fourth-order valence-corrected chi connectivity index (χ4v) is 3.88. The predicted octanol–water partition coefficient (Wildman–Crippen LogP) is 4.99. The van der Waals surface area contributed by atoms with Crippen molar-refractivity contribution < 1.29 is 18.9 Å². The molecule has 1 atom stereocenters. The third-order valence-electron chi connectivity index (χ3n) is 5.56. The quantitative estimate of drug-likeness (QED) is 0.506. The molecule has 31 heavy (non-hydrogen) atoms. The van der Waals surface area contributed by atoms with E-state index in [-0.39, 0.29) is 6.04 Å². The molecular formula is C26H31NO4. The number of nitrogens with zero attached hydrogens (tertiary/aromatic N) is 1. The molecule has 0 amide bonds. The van der Waals surface area contributed by atoms with Crippen LogP contribution >= 0.6 is 0 Å². The van der Waals surface area contributed by atoms with Crippen LogP contribution in [0.3, 0.4) is 0 Å². The minimum atomic E-state index is 0.0545. The molecule has 1 aliphatic heterocycles. The first-order valence-corrected chi connectivity index (χ1v) is 10.3. The van der Waals surface area contributed by atoms with Crippen LogP contribution < -0.4 is 18.9 Å². The molecule has 0 spiro atoms. The largest absolute Gasteiger partial charge is 0.497 e. The van der Waals surface area contributed by atoms with Gasteiger partial charge in [0.15, 0.2) is 11.5 Å². The van der Waals surface area contributed by atoms with E-state index in [1.807, 2.05) is 36.4 Å². The number of allylic oxidation sites excluding steroid dienone is 2. The van der Waals surface area contributed by atoms with Crippen molar-refractivity contribution in [1.29, 1.82) is 0 Å². The van der Waals surface area contributed by atoms with E-state index in [0.717, 1.165) is 48.1 Å². The summed E-state index contributed by atoms with van der Waals surface area (Å²) in [7, 11) is 4.98. The molecule has 1 unspecified atom stereocenters. The highest BCUT2D eigenvalue weighted by atomic mass is 16.5. The van der Waals surface area contributed by atoms with E-state index in [4.69, 9.17) is 18.9 Å². The van der Waals surface area contributed by atoms with Gasteiger partial charge < -0.3 is 18.9 Å². The highest BCUT2D eigenvalue weighted by Crippen LogP contribution is 2.38. The number of benzene rings is 2. The molecule has 0 saturated heterocycles. The molecule has 1 aliphatic rings. The van der Waals surface area contributed by atoms with Crippen molar-refractivity contribution in [1.82, 2.24) is 4.90 Å². The normalized spacial score (nSPS) is 16.2. The van der Waals surface area contributed by atoms with Crippen LogP contribution in [0.4, 0.5) is 0 Å². The van der Waals surface area contributed by atoms with Crippen LogP contribution in [0.15, 0.2) is 73.4 Å². The number of methoxy groups -OCH3 is 3. The topological polar surface area (TPSA) is 40.2 Å². The van der Waals surface area contributed by atoms with Crippen molar-refractivity contribution in [2.24, 2.45) is 0 Å². The number of hydrogen-bond donors (Lipinski definition) is 0. The first kappa shape index (κ1) is 22.5. The van der Waals surface area contributed by atoms with Gasteiger partial charge in [0.2, 0.25) is 0 Å². The van der Waals surface area contributed by atoms with E-state index in [2.05, 4.69) is 30.2 Å². The van der Waals surface area contributed by atoms with E-state index in [0.29, 0.717) is 6.61 Å².